The minimum atomic E-state index is 0. The van der Waals surface area contributed by atoms with Gasteiger partial charge in [-0.05, 0) is 6.42 Å². The van der Waals surface area contributed by atoms with E-state index in [2.05, 4.69) is 6.92 Å². The van der Waals surface area contributed by atoms with Gasteiger partial charge in [-0.1, -0.05) is 13.3 Å². The molecule has 3 heteroatoms. The fourth-order valence-corrected chi connectivity index (χ4v) is 0.158. The SMILES string of the molecule is CCCCO.O.[Ca+2].[H-].[H-]. The first-order valence-corrected chi connectivity index (χ1v) is 2.02. The van der Waals surface area contributed by atoms with Crippen LogP contribution >= 0.6 is 0 Å². The van der Waals surface area contributed by atoms with Crippen LogP contribution in [0.3, 0.4) is 0 Å². The summed E-state index contributed by atoms with van der Waals surface area (Å²) >= 11 is 0. The largest absolute Gasteiger partial charge is 2.00 e. The van der Waals surface area contributed by atoms with Gasteiger partial charge in [0.15, 0.2) is 0 Å². The molecule has 0 saturated carbocycles. The van der Waals surface area contributed by atoms with Gasteiger partial charge in [-0.25, -0.2) is 0 Å². The summed E-state index contributed by atoms with van der Waals surface area (Å²) in [5.74, 6) is 0. The number of rotatable bonds is 2. The van der Waals surface area contributed by atoms with E-state index < -0.39 is 0 Å². The second-order valence-corrected chi connectivity index (χ2v) is 1.08. The van der Waals surface area contributed by atoms with Crippen molar-refractivity contribution in [3.05, 3.63) is 0 Å². The molecule has 0 atom stereocenters. The van der Waals surface area contributed by atoms with Crippen LogP contribution in [-0.2, 0) is 0 Å². The number of hydrogen-bond donors (Lipinski definition) is 1. The Balaban J connectivity index is -0.0000000133. The predicted octanol–water partition coefficient (Wildman–Crippen LogP) is -0.202. The van der Waals surface area contributed by atoms with Crippen LogP contribution in [0.5, 0.6) is 0 Å². The van der Waals surface area contributed by atoms with Crippen LogP contribution < -0.4 is 0 Å². The maximum Gasteiger partial charge on any atom is 2.00 e. The first-order chi connectivity index (χ1) is 2.41. The molecule has 0 rings (SSSR count). The van der Waals surface area contributed by atoms with Crippen molar-refractivity contribution in [3.8, 4) is 0 Å². The van der Waals surface area contributed by atoms with Gasteiger partial charge in [-0.2, -0.15) is 0 Å². The average Bonchev–Trinajstić information content (AvgIpc) is 1.41. The molecule has 0 radical (unpaired) electrons. The minimum absolute atomic E-state index is 0. The second-order valence-electron chi connectivity index (χ2n) is 1.08. The Bertz CT molecular complexity index is 24.0. The van der Waals surface area contributed by atoms with E-state index in [1.165, 1.54) is 0 Å². The van der Waals surface area contributed by atoms with E-state index in [4.69, 9.17) is 5.11 Å². The molecule has 0 aliphatic rings. The molecule has 0 aromatic heterocycles. The van der Waals surface area contributed by atoms with Gasteiger partial charge in [0.05, 0.1) is 0 Å². The van der Waals surface area contributed by atoms with Crippen molar-refractivity contribution < 1.29 is 13.4 Å². The maximum atomic E-state index is 8.07. The molecule has 0 spiro atoms. The molecule has 0 aliphatic carbocycles. The third-order valence-electron chi connectivity index (χ3n) is 0.512. The Morgan fingerprint density at radius 1 is 1.57 bits per heavy atom. The summed E-state index contributed by atoms with van der Waals surface area (Å²) in [6, 6.07) is 0. The van der Waals surface area contributed by atoms with Gasteiger partial charge < -0.3 is 13.4 Å². The molecule has 2 nitrogen and oxygen atoms in total. The standard InChI is InChI=1S/C4H10O.Ca.H2O.2H/c1-2-3-4-5;;;;/h5H,2-4H2,1H3;;1H2;;/q;+2;;2*-1. The summed E-state index contributed by atoms with van der Waals surface area (Å²) in [5.41, 5.74) is 0. The van der Waals surface area contributed by atoms with Gasteiger partial charge in [0.2, 0.25) is 0 Å². The zero-order chi connectivity index (χ0) is 4.12. The maximum absolute atomic E-state index is 8.07. The molecule has 0 heterocycles. The number of unbranched alkanes of at least 4 members (excludes halogenated alkanes) is 1. The summed E-state index contributed by atoms with van der Waals surface area (Å²) in [5, 5.41) is 8.07. The van der Waals surface area contributed by atoms with Crippen molar-refractivity contribution in [2.45, 2.75) is 19.8 Å². The molecule has 0 saturated heterocycles. The van der Waals surface area contributed by atoms with Crippen LogP contribution in [0.15, 0.2) is 0 Å². The Morgan fingerprint density at radius 2 is 2.00 bits per heavy atom. The van der Waals surface area contributed by atoms with Crippen molar-refractivity contribution in [3.63, 3.8) is 0 Å². The molecule has 0 aromatic carbocycles. The molecule has 7 heavy (non-hydrogen) atoms. The van der Waals surface area contributed by atoms with Crippen LogP contribution in [-0.4, -0.2) is 54.9 Å². The summed E-state index contributed by atoms with van der Waals surface area (Å²) in [7, 11) is 0. The fourth-order valence-electron chi connectivity index (χ4n) is 0.158. The Morgan fingerprint density at radius 3 is 2.00 bits per heavy atom. The quantitative estimate of drug-likeness (QED) is 0.522. The molecule has 0 aliphatic heterocycles. The van der Waals surface area contributed by atoms with Crippen molar-refractivity contribution in [2.24, 2.45) is 0 Å². The van der Waals surface area contributed by atoms with E-state index in [1.54, 1.807) is 0 Å². The van der Waals surface area contributed by atoms with E-state index in [1.807, 2.05) is 0 Å². The van der Waals surface area contributed by atoms with Gasteiger partial charge in [0, 0.05) is 6.61 Å². The van der Waals surface area contributed by atoms with Crippen LogP contribution in [0, 0.1) is 0 Å². The molecular formula is C4H14CaO2. The van der Waals surface area contributed by atoms with Crippen molar-refractivity contribution >= 4 is 37.7 Å². The summed E-state index contributed by atoms with van der Waals surface area (Å²) in [6.07, 6.45) is 2.04. The monoisotopic (exact) mass is 134 g/mol. The third-order valence-corrected chi connectivity index (χ3v) is 0.512. The van der Waals surface area contributed by atoms with Crippen LogP contribution in [0.2, 0.25) is 0 Å². The molecule has 0 unspecified atom stereocenters. The fraction of sp³-hybridized carbons (Fsp3) is 1.00. The van der Waals surface area contributed by atoms with E-state index >= 15 is 0 Å². The normalized spacial score (nSPS) is 6.00. The Hall–Kier alpha value is 1.18. The summed E-state index contributed by atoms with van der Waals surface area (Å²) in [4.78, 5) is 0. The van der Waals surface area contributed by atoms with Crippen LogP contribution in [0.25, 0.3) is 0 Å². The summed E-state index contributed by atoms with van der Waals surface area (Å²) < 4.78 is 0. The predicted molar refractivity (Wildman–Crippen MR) is 33.6 cm³/mol. The molecular weight excluding hydrogens is 120 g/mol. The van der Waals surface area contributed by atoms with E-state index in [0.29, 0.717) is 6.61 Å². The Labute approximate surface area is 77.2 Å². The second kappa shape index (κ2) is 15.7. The molecule has 44 valence electrons. The van der Waals surface area contributed by atoms with E-state index in [0.717, 1.165) is 12.8 Å². The third kappa shape index (κ3) is 19.1. The van der Waals surface area contributed by atoms with Gasteiger partial charge in [-0.3, -0.25) is 0 Å². The Kier molecular flexibility index (Phi) is 35.2. The average molecular weight is 134 g/mol. The van der Waals surface area contributed by atoms with Crippen LogP contribution in [0.1, 0.15) is 22.6 Å². The zero-order valence-corrected chi connectivity index (χ0v) is 6.98. The van der Waals surface area contributed by atoms with Crippen molar-refractivity contribution in [1.82, 2.24) is 0 Å². The minimum Gasteiger partial charge on any atom is -1.00 e. The first kappa shape index (κ1) is 15.7. The van der Waals surface area contributed by atoms with E-state index in [9.17, 15) is 0 Å². The van der Waals surface area contributed by atoms with E-state index in [-0.39, 0.29) is 46.1 Å². The molecule has 0 aromatic rings. The van der Waals surface area contributed by atoms with Gasteiger partial charge in [-0.15, -0.1) is 0 Å². The molecule has 0 fully saturated rings. The van der Waals surface area contributed by atoms with Gasteiger partial charge in [0.25, 0.3) is 0 Å². The smallest absolute Gasteiger partial charge is 1.00 e. The van der Waals surface area contributed by atoms with Crippen molar-refractivity contribution in [2.75, 3.05) is 6.61 Å². The van der Waals surface area contributed by atoms with Crippen molar-refractivity contribution in [1.29, 1.82) is 0 Å². The molecule has 3 N–H and O–H groups in total. The zero-order valence-electron chi connectivity index (χ0n) is 6.78. The number of hydrogen-bond acceptors (Lipinski definition) is 1. The molecule has 0 bridgehead atoms. The van der Waals surface area contributed by atoms with Gasteiger partial charge in [0.1, 0.15) is 0 Å². The van der Waals surface area contributed by atoms with Gasteiger partial charge >= 0.3 is 37.7 Å². The first-order valence-electron chi connectivity index (χ1n) is 2.02. The number of aliphatic hydroxyl groups excluding tert-OH is 1. The summed E-state index contributed by atoms with van der Waals surface area (Å²) in [6.45, 7) is 2.40. The molecule has 0 amide bonds. The van der Waals surface area contributed by atoms with Crippen LogP contribution in [0.4, 0.5) is 0 Å². The topological polar surface area (TPSA) is 51.7 Å². The number of aliphatic hydroxyl groups is 1.